The first-order valence-corrected chi connectivity index (χ1v) is 18.8. The molecule has 0 radical (unpaired) electrons. The summed E-state index contributed by atoms with van der Waals surface area (Å²) in [5.41, 5.74) is 0. The van der Waals surface area contributed by atoms with Crippen molar-refractivity contribution in [3.05, 3.63) is 185 Å². The van der Waals surface area contributed by atoms with E-state index in [0.29, 0.717) is 21.2 Å². The molecule has 0 heterocycles. The minimum atomic E-state index is -3.38. The van der Waals surface area contributed by atoms with Gasteiger partial charge >= 0.3 is 0 Å². The van der Waals surface area contributed by atoms with Crippen LogP contribution in [0.5, 0.6) is 0 Å². The molecule has 6 rings (SSSR count). The highest BCUT2D eigenvalue weighted by Gasteiger charge is 2.32. The van der Waals surface area contributed by atoms with Crippen LogP contribution >= 0.6 is 40.8 Å². The van der Waals surface area contributed by atoms with Crippen molar-refractivity contribution >= 4 is 67.3 Å². The first kappa shape index (κ1) is 35.1. The summed E-state index contributed by atoms with van der Waals surface area (Å²) in [7, 11) is -3.38. The van der Waals surface area contributed by atoms with E-state index in [2.05, 4.69) is 15.9 Å². The van der Waals surface area contributed by atoms with E-state index in [0.717, 1.165) is 18.2 Å². The molecule has 0 aromatic heterocycles. The Morgan fingerprint density at radius 2 is 0.804 bits per heavy atom. The Labute approximate surface area is 278 Å². The van der Waals surface area contributed by atoms with E-state index in [1.165, 1.54) is 18.2 Å². The van der Waals surface area contributed by atoms with Gasteiger partial charge in [-0.15, -0.1) is 0 Å². The van der Waals surface area contributed by atoms with Crippen molar-refractivity contribution in [1.29, 1.82) is 0 Å². The van der Waals surface area contributed by atoms with Gasteiger partial charge in [0, 0.05) is 33.4 Å². The molecule has 0 saturated heterocycles. The smallest absolute Gasteiger partial charge is 0.225 e. The van der Waals surface area contributed by atoms with Gasteiger partial charge in [-0.3, -0.25) is 4.57 Å². The van der Waals surface area contributed by atoms with Gasteiger partial charge in [-0.2, -0.15) is 0 Å². The quantitative estimate of drug-likeness (QED) is 0.100. The molecule has 0 bridgehead atoms. The summed E-state index contributed by atoms with van der Waals surface area (Å²) in [5, 5.41) is 2.42. The number of hydrogen-bond donors (Lipinski definition) is 0. The molecule has 0 aliphatic heterocycles. The molecule has 0 amide bonds. The predicted octanol–water partition coefficient (Wildman–Crippen LogP) is 9.49. The Bertz CT molecular complexity index is 1880. The molecule has 0 aliphatic carbocycles. The highest BCUT2D eigenvalue weighted by Crippen LogP contribution is 2.48. The molecule has 6 aromatic rings. The van der Waals surface area contributed by atoms with E-state index in [-0.39, 0.29) is 9.78 Å². The van der Waals surface area contributed by atoms with Gasteiger partial charge in [0.2, 0.25) is 6.49 Å². The van der Waals surface area contributed by atoms with Gasteiger partial charge in [0.05, 0.1) is 9.78 Å². The maximum absolute atomic E-state index is 14.3. The molecule has 0 atom stereocenters. The zero-order valence-electron chi connectivity index (χ0n) is 24.0. The molecule has 0 N–H and O–H groups in total. The number of rotatable bonds is 5. The van der Waals surface area contributed by atoms with Gasteiger partial charge in [-0.1, -0.05) is 121 Å². The standard InChI is InChI=1S/C18H13F2OP.C12H10ClOP.C6H3BrF2/c19-14-11-12-18(17(20)13-14)22(21,15-7-3-1-4-8-15)16-9-5-2-6-10-16;13-15(14,11-7-3-1-4-8-11)12-9-5-2-6-10-12;7-5-2-1-4(8)3-6(5)9/h1-13H;1-10H;1-3H. The Hall–Kier alpha value is -3.73. The molecule has 46 heavy (non-hydrogen) atoms. The van der Waals surface area contributed by atoms with Gasteiger partial charge in [0.25, 0.3) is 0 Å². The molecule has 10 heteroatoms. The van der Waals surface area contributed by atoms with Crippen LogP contribution in [-0.2, 0) is 9.13 Å². The number of hydrogen-bond acceptors (Lipinski definition) is 2. The van der Waals surface area contributed by atoms with Crippen LogP contribution in [0.2, 0.25) is 0 Å². The first-order chi connectivity index (χ1) is 22.0. The average Bonchev–Trinajstić information content (AvgIpc) is 3.08. The minimum Gasteiger partial charge on any atom is -0.309 e. The molecule has 0 unspecified atom stereocenters. The molecule has 6 aromatic carbocycles. The van der Waals surface area contributed by atoms with E-state index < -0.39 is 36.9 Å². The van der Waals surface area contributed by atoms with Crippen molar-refractivity contribution in [2.45, 2.75) is 0 Å². The maximum atomic E-state index is 14.3. The highest BCUT2D eigenvalue weighted by atomic mass is 79.9. The Balaban J connectivity index is 0.000000172. The van der Waals surface area contributed by atoms with Gasteiger partial charge in [0.1, 0.15) is 23.3 Å². The molecule has 0 spiro atoms. The van der Waals surface area contributed by atoms with Crippen LogP contribution in [0.25, 0.3) is 0 Å². The van der Waals surface area contributed by atoms with Crippen LogP contribution in [0.15, 0.2) is 162 Å². The monoisotopic (exact) mass is 742 g/mol. The van der Waals surface area contributed by atoms with Crippen molar-refractivity contribution < 1.29 is 26.7 Å². The van der Waals surface area contributed by atoms with Crippen molar-refractivity contribution in [2.24, 2.45) is 0 Å². The SMILES string of the molecule is Fc1ccc(Br)c(F)c1.O=P(Cl)(c1ccccc1)c1ccccc1.O=P(c1ccccc1)(c1ccccc1)c1ccc(F)cc1F. The third-order valence-electron chi connectivity index (χ3n) is 6.55. The number of halogens is 6. The third-order valence-corrected chi connectivity index (χ3v) is 13.4. The maximum Gasteiger partial charge on any atom is 0.225 e. The molecule has 0 aliphatic rings. The largest absolute Gasteiger partial charge is 0.309 e. The minimum absolute atomic E-state index is 0.0197. The molecular weight excluding hydrogens is 718 g/mol. The van der Waals surface area contributed by atoms with Gasteiger partial charge in [-0.05, 0) is 51.4 Å². The van der Waals surface area contributed by atoms with Crippen molar-refractivity contribution in [1.82, 2.24) is 0 Å². The lowest BCUT2D eigenvalue weighted by Crippen LogP contribution is -2.27. The summed E-state index contributed by atoms with van der Waals surface area (Å²) in [6.45, 7) is -2.93. The molecule has 2 nitrogen and oxygen atoms in total. The number of benzene rings is 6. The highest BCUT2D eigenvalue weighted by molar-refractivity contribution is 9.10. The lowest BCUT2D eigenvalue weighted by atomic mass is 10.3. The van der Waals surface area contributed by atoms with E-state index >= 15 is 0 Å². The fourth-order valence-corrected chi connectivity index (χ4v) is 9.32. The second-order valence-electron chi connectivity index (χ2n) is 9.64. The first-order valence-electron chi connectivity index (χ1n) is 13.7. The van der Waals surface area contributed by atoms with Gasteiger partial charge < -0.3 is 4.57 Å². The zero-order valence-corrected chi connectivity index (χ0v) is 28.1. The van der Waals surface area contributed by atoms with Crippen LogP contribution < -0.4 is 26.5 Å². The molecule has 234 valence electrons. The fraction of sp³-hybridized carbons (Fsp3) is 0. The molecule has 0 saturated carbocycles. The summed E-state index contributed by atoms with van der Waals surface area (Å²) in [6, 6.07) is 42.3. The molecule has 0 fully saturated rings. The lowest BCUT2D eigenvalue weighted by Gasteiger charge is -2.20. The van der Waals surface area contributed by atoms with Crippen LogP contribution in [0.4, 0.5) is 17.6 Å². The average molecular weight is 744 g/mol. The third kappa shape index (κ3) is 8.74. The second-order valence-corrected chi connectivity index (χ2v) is 16.8. The van der Waals surface area contributed by atoms with E-state index in [1.807, 2.05) is 36.4 Å². The second kappa shape index (κ2) is 16.2. The Morgan fingerprint density at radius 1 is 0.457 bits per heavy atom. The predicted molar refractivity (Wildman–Crippen MR) is 185 cm³/mol. The van der Waals surface area contributed by atoms with Crippen LogP contribution in [0, 0.1) is 23.3 Å². The fourth-order valence-electron chi connectivity index (χ4n) is 4.30. The molecular formula is C36H26BrClF4O2P2. The summed E-state index contributed by atoms with van der Waals surface area (Å²) in [5.74, 6) is -2.62. The normalized spacial score (nSPS) is 11.0. The Morgan fingerprint density at radius 3 is 1.15 bits per heavy atom. The zero-order chi connectivity index (χ0) is 33.2. The van der Waals surface area contributed by atoms with Crippen molar-refractivity contribution in [2.75, 3.05) is 0 Å². The van der Waals surface area contributed by atoms with Gasteiger partial charge in [-0.25, -0.2) is 17.6 Å². The van der Waals surface area contributed by atoms with E-state index in [4.69, 9.17) is 11.2 Å². The summed E-state index contributed by atoms with van der Waals surface area (Å²) >= 11 is 9.03. The summed E-state index contributed by atoms with van der Waals surface area (Å²) in [6.07, 6.45) is 0. The van der Waals surface area contributed by atoms with E-state index in [1.54, 1.807) is 84.9 Å². The lowest BCUT2D eigenvalue weighted by molar-refractivity contribution is 0.578. The topological polar surface area (TPSA) is 34.1 Å². The van der Waals surface area contributed by atoms with Gasteiger partial charge in [0.15, 0.2) is 7.14 Å². The summed E-state index contributed by atoms with van der Waals surface area (Å²) in [4.78, 5) is 0. The summed E-state index contributed by atoms with van der Waals surface area (Å²) < 4.78 is 78.3. The Kier molecular flexibility index (Phi) is 12.4. The van der Waals surface area contributed by atoms with Crippen LogP contribution in [-0.4, -0.2) is 0 Å². The van der Waals surface area contributed by atoms with E-state index in [9.17, 15) is 26.7 Å². The van der Waals surface area contributed by atoms with Crippen LogP contribution in [0.3, 0.4) is 0 Å². The van der Waals surface area contributed by atoms with Crippen molar-refractivity contribution in [3.63, 3.8) is 0 Å². The van der Waals surface area contributed by atoms with Crippen molar-refractivity contribution in [3.8, 4) is 0 Å². The van der Waals surface area contributed by atoms with Crippen LogP contribution in [0.1, 0.15) is 0 Å².